The van der Waals surface area contributed by atoms with Gasteiger partial charge in [0.1, 0.15) is 0 Å². The zero-order chi connectivity index (χ0) is 16.7. The molecule has 0 aromatic heterocycles. The fourth-order valence-corrected chi connectivity index (χ4v) is 3.32. The van der Waals surface area contributed by atoms with E-state index in [2.05, 4.69) is 11.6 Å². The van der Waals surface area contributed by atoms with Gasteiger partial charge in [-0.2, -0.15) is 0 Å². The van der Waals surface area contributed by atoms with Crippen LogP contribution in [0.2, 0.25) is 0 Å². The molecule has 0 fully saturated rings. The van der Waals surface area contributed by atoms with Gasteiger partial charge in [0.15, 0.2) is 0 Å². The van der Waals surface area contributed by atoms with Crippen molar-refractivity contribution in [3.05, 3.63) is 65.7 Å². The van der Waals surface area contributed by atoms with Crippen molar-refractivity contribution in [2.24, 2.45) is 0 Å². The van der Waals surface area contributed by atoms with Gasteiger partial charge in [0.05, 0.1) is 11.0 Å². The molecule has 0 saturated heterocycles. The lowest BCUT2D eigenvalue weighted by Gasteiger charge is -2.13. The maximum Gasteiger partial charge on any atom is 0.240 e. The molecular weight excluding hydrogens is 310 g/mol. The number of aliphatic hydroxyl groups excluding tert-OH is 1. The van der Waals surface area contributed by atoms with E-state index in [1.807, 2.05) is 30.3 Å². The minimum absolute atomic E-state index is 0.0517. The van der Waals surface area contributed by atoms with Gasteiger partial charge in [0, 0.05) is 6.54 Å². The molecule has 1 atom stereocenters. The van der Waals surface area contributed by atoms with E-state index < -0.39 is 16.1 Å². The lowest BCUT2D eigenvalue weighted by molar-refractivity contribution is 0.182. The monoisotopic (exact) mass is 333 g/mol. The maximum absolute atomic E-state index is 12.3. The number of nitrogens with one attached hydrogen (secondary N) is 1. The Morgan fingerprint density at radius 1 is 1.04 bits per heavy atom. The highest BCUT2D eigenvalue weighted by molar-refractivity contribution is 7.89. The van der Waals surface area contributed by atoms with Gasteiger partial charge in [-0.25, -0.2) is 13.1 Å². The first-order valence-electron chi connectivity index (χ1n) is 7.84. The minimum Gasteiger partial charge on any atom is -0.387 e. The quantitative estimate of drug-likeness (QED) is 0.780. The van der Waals surface area contributed by atoms with Crippen molar-refractivity contribution in [2.45, 2.75) is 37.2 Å². The Labute approximate surface area is 138 Å². The Hall–Kier alpha value is -1.69. The van der Waals surface area contributed by atoms with Crippen LogP contribution in [-0.4, -0.2) is 20.1 Å². The second-order valence-electron chi connectivity index (χ2n) is 5.53. The molecule has 23 heavy (non-hydrogen) atoms. The molecule has 0 spiro atoms. The van der Waals surface area contributed by atoms with Crippen LogP contribution < -0.4 is 4.72 Å². The van der Waals surface area contributed by atoms with E-state index in [-0.39, 0.29) is 11.4 Å². The third-order valence-corrected chi connectivity index (χ3v) is 5.14. The van der Waals surface area contributed by atoms with Crippen LogP contribution in [0.5, 0.6) is 0 Å². The molecule has 0 heterocycles. The van der Waals surface area contributed by atoms with E-state index in [9.17, 15) is 13.5 Å². The molecule has 0 amide bonds. The molecule has 0 aliphatic rings. The second kappa shape index (κ2) is 8.24. The standard InChI is InChI=1S/C18H23NO3S/c1-2-3-7-15-10-12-17(13-11-15)23(21,22)19-14-18(20)16-8-5-4-6-9-16/h4-6,8-13,18-20H,2-3,7,14H2,1H3. The molecule has 4 nitrogen and oxygen atoms in total. The first-order valence-corrected chi connectivity index (χ1v) is 9.33. The van der Waals surface area contributed by atoms with Gasteiger partial charge in [-0.3, -0.25) is 0 Å². The number of hydrogen-bond acceptors (Lipinski definition) is 3. The average molecular weight is 333 g/mol. The molecule has 1 unspecified atom stereocenters. The number of unbranched alkanes of at least 4 members (excludes halogenated alkanes) is 1. The summed E-state index contributed by atoms with van der Waals surface area (Å²) in [5, 5.41) is 10.0. The van der Waals surface area contributed by atoms with Crippen LogP contribution in [-0.2, 0) is 16.4 Å². The number of aliphatic hydroxyl groups is 1. The number of benzene rings is 2. The summed E-state index contributed by atoms with van der Waals surface area (Å²) < 4.78 is 27.0. The molecule has 0 aliphatic carbocycles. The second-order valence-corrected chi connectivity index (χ2v) is 7.29. The van der Waals surface area contributed by atoms with Crippen molar-refractivity contribution in [1.82, 2.24) is 4.72 Å². The van der Waals surface area contributed by atoms with Crippen LogP contribution in [0.1, 0.15) is 37.0 Å². The lowest BCUT2D eigenvalue weighted by Crippen LogP contribution is -2.28. The summed E-state index contributed by atoms with van der Waals surface area (Å²) in [4.78, 5) is 0.220. The van der Waals surface area contributed by atoms with Crippen LogP contribution in [0, 0.1) is 0 Å². The summed E-state index contributed by atoms with van der Waals surface area (Å²) in [6.45, 7) is 2.07. The molecule has 2 N–H and O–H groups in total. The van der Waals surface area contributed by atoms with Crippen molar-refractivity contribution >= 4 is 10.0 Å². The SMILES string of the molecule is CCCCc1ccc(S(=O)(=O)NCC(O)c2ccccc2)cc1. The normalized spacial score (nSPS) is 13.0. The van der Waals surface area contributed by atoms with Gasteiger partial charge in [0.25, 0.3) is 0 Å². The summed E-state index contributed by atoms with van der Waals surface area (Å²) in [7, 11) is -3.61. The zero-order valence-corrected chi connectivity index (χ0v) is 14.1. The fraction of sp³-hybridized carbons (Fsp3) is 0.333. The first kappa shape index (κ1) is 17.7. The van der Waals surface area contributed by atoms with Gasteiger partial charge in [-0.05, 0) is 36.1 Å². The van der Waals surface area contributed by atoms with E-state index >= 15 is 0 Å². The molecule has 124 valence electrons. The Bertz CT molecular complexity index is 697. The molecule has 0 aliphatic heterocycles. The highest BCUT2D eigenvalue weighted by atomic mass is 32.2. The Morgan fingerprint density at radius 3 is 2.30 bits per heavy atom. The summed E-state index contributed by atoms with van der Waals surface area (Å²) >= 11 is 0. The van der Waals surface area contributed by atoms with Crippen LogP contribution in [0.3, 0.4) is 0 Å². The number of sulfonamides is 1. The summed E-state index contributed by atoms with van der Waals surface area (Å²) in [5.41, 5.74) is 1.82. The maximum atomic E-state index is 12.3. The Kier molecular flexibility index (Phi) is 6.33. The predicted octanol–water partition coefficient (Wildman–Crippen LogP) is 3.04. The van der Waals surface area contributed by atoms with E-state index in [1.54, 1.807) is 24.3 Å². The average Bonchev–Trinajstić information content (AvgIpc) is 2.59. The smallest absolute Gasteiger partial charge is 0.240 e. The fourth-order valence-electron chi connectivity index (χ4n) is 2.28. The number of aryl methyl sites for hydroxylation is 1. The van der Waals surface area contributed by atoms with E-state index in [1.165, 1.54) is 0 Å². The Balaban J connectivity index is 1.98. The van der Waals surface area contributed by atoms with Crippen molar-refractivity contribution in [3.63, 3.8) is 0 Å². The summed E-state index contributed by atoms with van der Waals surface area (Å²) in [6, 6.07) is 15.9. The zero-order valence-electron chi connectivity index (χ0n) is 13.3. The number of rotatable bonds is 8. The van der Waals surface area contributed by atoms with Gasteiger partial charge in [0.2, 0.25) is 10.0 Å². The van der Waals surface area contributed by atoms with Crippen LogP contribution in [0.15, 0.2) is 59.5 Å². The van der Waals surface area contributed by atoms with E-state index in [0.717, 1.165) is 24.8 Å². The van der Waals surface area contributed by atoms with Gasteiger partial charge in [-0.1, -0.05) is 55.8 Å². The Morgan fingerprint density at radius 2 is 1.70 bits per heavy atom. The molecule has 0 saturated carbocycles. The van der Waals surface area contributed by atoms with Crippen molar-refractivity contribution in [1.29, 1.82) is 0 Å². The van der Waals surface area contributed by atoms with Gasteiger partial charge < -0.3 is 5.11 Å². The molecular formula is C18H23NO3S. The van der Waals surface area contributed by atoms with Crippen LogP contribution in [0.25, 0.3) is 0 Å². The third kappa shape index (κ3) is 5.16. The largest absolute Gasteiger partial charge is 0.387 e. The third-order valence-electron chi connectivity index (χ3n) is 3.70. The molecule has 2 aromatic rings. The molecule has 2 rings (SSSR count). The minimum atomic E-state index is -3.61. The van der Waals surface area contributed by atoms with Crippen LogP contribution in [0.4, 0.5) is 0 Å². The van der Waals surface area contributed by atoms with Crippen molar-refractivity contribution in [3.8, 4) is 0 Å². The molecule has 0 radical (unpaired) electrons. The topological polar surface area (TPSA) is 66.4 Å². The highest BCUT2D eigenvalue weighted by Crippen LogP contribution is 2.15. The summed E-state index contributed by atoms with van der Waals surface area (Å²) in [6.07, 6.45) is 2.29. The predicted molar refractivity (Wildman–Crippen MR) is 91.6 cm³/mol. The summed E-state index contributed by atoms with van der Waals surface area (Å²) in [5.74, 6) is 0. The highest BCUT2D eigenvalue weighted by Gasteiger charge is 2.16. The van der Waals surface area contributed by atoms with E-state index in [0.29, 0.717) is 5.56 Å². The van der Waals surface area contributed by atoms with Crippen molar-refractivity contribution in [2.75, 3.05) is 6.54 Å². The molecule has 0 bridgehead atoms. The van der Waals surface area contributed by atoms with E-state index in [4.69, 9.17) is 0 Å². The first-order chi connectivity index (χ1) is 11.0. The lowest BCUT2D eigenvalue weighted by atomic mass is 10.1. The van der Waals surface area contributed by atoms with Gasteiger partial charge in [-0.15, -0.1) is 0 Å². The molecule has 2 aromatic carbocycles. The number of hydrogen-bond donors (Lipinski definition) is 2. The van der Waals surface area contributed by atoms with Gasteiger partial charge >= 0.3 is 0 Å². The van der Waals surface area contributed by atoms with Crippen LogP contribution >= 0.6 is 0 Å². The molecule has 5 heteroatoms. The van der Waals surface area contributed by atoms with Crippen molar-refractivity contribution < 1.29 is 13.5 Å².